The number of β-lactam (4-membered cyclic amide) rings is 1. The summed E-state index contributed by atoms with van der Waals surface area (Å²) < 4.78 is 20.3. The number of ether oxygens (including phenoxy) is 4. The molecular weight excluding hydrogens is 570 g/mol. The maximum atomic E-state index is 13.2. The number of oxime groups is 1. The molecule has 0 spiro atoms. The third-order valence-electron chi connectivity index (χ3n) is 5.14. The summed E-state index contributed by atoms with van der Waals surface area (Å²) in [6.07, 6.45) is -2.75. The van der Waals surface area contributed by atoms with E-state index in [-0.39, 0.29) is 34.7 Å². The number of amides is 3. The fourth-order valence-corrected chi connectivity index (χ4v) is 5.71. The second-order valence-electron chi connectivity index (χ2n) is 8.60. The Kier molecular flexibility index (Phi) is 10.5. The van der Waals surface area contributed by atoms with Crippen LogP contribution in [0.4, 0.5) is 9.93 Å². The second-order valence-corrected chi connectivity index (χ2v) is 10.6. The lowest BCUT2D eigenvalue weighted by Crippen LogP contribution is -2.71. The van der Waals surface area contributed by atoms with Crippen molar-refractivity contribution in [3.8, 4) is 0 Å². The van der Waals surface area contributed by atoms with Gasteiger partial charge in [0.1, 0.15) is 29.9 Å². The zero-order chi connectivity index (χ0) is 29.6. The zero-order valence-electron chi connectivity index (χ0n) is 22.5. The van der Waals surface area contributed by atoms with E-state index in [2.05, 4.69) is 20.8 Å². The van der Waals surface area contributed by atoms with Crippen molar-refractivity contribution in [1.29, 1.82) is 0 Å². The number of carbonyl (C=O) groups excluding carboxylic acids is 5. The molecule has 17 heteroatoms. The number of hydrogen-bond donors (Lipinski definition) is 2. The number of carbonyl (C=O) groups is 5. The first-order valence-electron chi connectivity index (χ1n) is 11.9. The van der Waals surface area contributed by atoms with Crippen LogP contribution in [0.1, 0.15) is 33.4 Å². The van der Waals surface area contributed by atoms with E-state index in [9.17, 15) is 24.0 Å². The molecule has 2 N–H and O–H groups in total. The molecular formula is C23H29N5O10S2. The van der Waals surface area contributed by atoms with Gasteiger partial charge in [0.15, 0.2) is 10.8 Å². The van der Waals surface area contributed by atoms with Gasteiger partial charge in [-0.15, -0.1) is 23.1 Å². The topological polar surface area (TPSA) is 184 Å². The lowest BCUT2D eigenvalue weighted by Gasteiger charge is -2.49. The van der Waals surface area contributed by atoms with Crippen molar-refractivity contribution in [2.45, 2.75) is 51.5 Å². The fourth-order valence-electron chi connectivity index (χ4n) is 3.64. The van der Waals surface area contributed by atoms with Crippen LogP contribution in [0, 0.1) is 0 Å². The molecule has 0 aliphatic carbocycles. The summed E-state index contributed by atoms with van der Waals surface area (Å²) in [5.74, 6) is -2.27. The third-order valence-corrected chi connectivity index (χ3v) is 7.24. The molecule has 1 aromatic heterocycles. The molecule has 0 radical (unpaired) electrons. The van der Waals surface area contributed by atoms with Crippen LogP contribution in [-0.4, -0.2) is 95.8 Å². The number of thiazole rings is 1. The van der Waals surface area contributed by atoms with Crippen LogP contribution >= 0.6 is 23.1 Å². The van der Waals surface area contributed by atoms with Gasteiger partial charge in [-0.2, -0.15) is 0 Å². The summed E-state index contributed by atoms with van der Waals surface area (Å²) in [5.41, 5.74) is 0.346. The minimum atomic E-state index is -1.30. The van der Waals surface area contributed by atoms with Crippen molar-refractivity contribution >= 4 is 63.8 Å². The van der Waals surface area contributed by atoms with E-state index in [1.807, 2.05) is 0 Å². The second kappa shape index (κ2) is 13.6. The lowest BCUT2D eigenvalue weighted by molar-refractivity contribution is -0.169. The van der Waals surface area contributed by atoms with Crippen molar-refractivity contribution in [2.24, 2.45) is 5.16 Å². The number of anilines is 1. The number of thioether (sulfide) groups is 1. The zero-order valence-corrected chi connectivity index (χ0v) is 24.2. The Bertz CT molecular complexity index is 1230. The molecule has 218 valence electrons. The third kappa shape index (κ3) is 7.28. The van der Waals surface area contributed by atoms with Crippen molar-refractivity contribution in [2.75, 3.05) is 31.9 Å². The predicted octanol–water partition coefficient (Wildman–Crippen LogP) is 1.20. The number of fused-ring (bicyclic) bond motifs is 1. The first kappa shape index (κ1) is 30.8. The summed E-state index contributed by atoms with van der Waals surface area (Å²) in [7, 11) is 2.68. The highest BCUT2D eigenvalue weighted by Crippen LogP contribution is 2.41. The standard InChI is InChI=1S/C23H29N5O10S2/c1-10(2)36-23(33)38-12(4)37-21(32)17-13(7-34-5)8-39-20-16(19(31)28(17)20)26-18(30)15(27-35-6)14-9-40-22(25-14)24-11(3)29/h9-10,12,16,20H,7-8H2,1-6H3,(H,26,30)(H,24,25,29)/b27-15+/t12?,16-,20-/m1/s1. The number of methoxy groups -OCH3 is 1. The van der Waals surface area contributed by atoms with E-state index in [0.29, 0.717) is 11.3 Å². The monoisotopic (exact) mass is 599 g/mol. The van der Waals surface area contributed by atoms with Gasteiger partial charge in [-0.25, -0.2) is 14.6 Å². The van der Waals surface area contributed by atoms with Crippen molar-refractivity contribution < 1.29 is 47.8 Å². The maximum absolute atomic E-state index is 13.2. The number of rotatable bonds is 11. The van der Waals surface area contributed by atoms with E-state index in [4.69, 9.17) is 23.8 Å². The van der Waals surface area contributed by atoms with Gasteiger partial charge in [-0.3, -0.25) is 19.3 Å². The molecule has 1 aromatic rings. The van der Waals surface area contributed by atoms with Gasteiger partial charge in [0.2, 0.25) is 12.2 Å². The van der Waals surface area contributed by atoms with E-state index in [1.54, 1.807) is 13.8 Å². The highest BCUT2D eigenvalue weighted by Gasteiger charge is 2.55. The van der Waals surface area contributed by atoms with Crippen molar-refractivity contribution in [3.63, 3.8) is 0 Å². The molecule has 3 heterocycles. The Morgan fingerprint density at radius 2 is 1.90 bits per heavy atom. The Labute approximate surface area is 237 Å². The van der Waals surface area contributed by atoms with Crippen LogP contribution in [0.15, 0.2) is 21.8 Å². The molecule has 0 bridgehead atoms. The number of nitrogens with one attached hydrogen (secondary N) is 2. The Morgan fingerprint density at radius 3 is 2.52 bits per heavy atom. The highest BCUT2D eigenvalue weighted by atomic mass is 32.2. The fraction of sp³-hybridized carbons (Fsp3) is 0.522. The summed E-state index contributed by atoms with van der Waals surface area (Å²) in [6.45, 7) is 5.96. The molecule has 2 aliphatic heterocycles. The van der Waals surface area contributed by atoms with Gasteiger partial charge in [-0.05, 0) is 19.4 Å². The van der Waals surface area contributed by atoms with Gasteiger partial charge in [0, 0.05) is 32.1 Å². The Balaban J connectivity index is 1.74. The van der Waals surface area contributed by atoms with Crippen molar-refractivity contribution in [3.05, 3.63) is 22.3 Å². The molecule has 0 saturated carbocycles. The molecule has 3 amide bonds. The molecule has 3 rings (SSSR count). The molecule has 15 nitrogen and oxygen atoms in total. The molecule has 40 heavy (non-hydrogen) atoms. The largest absolute Gasteiger partial charge is 0.511 e. The minimum absolute atomic E-state index is 0.0424. The molecule has 1 saturated heterocycles. The first-order chi connectivity index (χ1) is 19.0. The minimum Gasteiger partial charge on any atom is -0.431 e. The van der Waals surface area contributed by atoms with Crippen LogP contribution in [0.3, 0.4) is 0 Å². The number of aromatic nitrogens is 1. The van der Waals surface area contributed by atoms with E-state index in [1.165, 1.54) is 50.1 Å². The van der Waals surface area contributed by atoms with Gasteiger partial charge in [-0.1, -0.05) is 5.16 Å². The molecule has 1 unspecified atom stereocenters. The summed E-state index contributed by atoms with van der Waals surface area (Å²) in [6, 6.07) is -1.01. The lowest BCUT2D eigenvalue weighted by atomic mass is 10.0. The number of nitrogens with zero attached hydrogens (tertiary/aromatic N) is 3. The first-order valence-corrected chi connectivity index (χ1v) is 13.8. The molecule has 1 fully saturated rings. The quantitative estimate of drug-likeness (QED) is 0.122. The van der Waals surface area contributed by atoms with E-state index in [0.717, 1.165) is 11.3 Å². The van der Waals surface area contributed by atoms with Gasteiger partial charge >= 0.3 is 12.1 Å². The average molecular weight is 600 g/mol. The Hall–Kier alpha value is -3.70. The van der Waals surface area contributed by atoms with Crippen LogP contribution < -0.4 is 10.6 Å². The normalized spacial score (nSPS) is 19.3. The summed E-state index contributed by atoms with van der Waals surface area (Å²) >= 11 is 2.39. The Morgan fingerprint density at radius 1 is 1.18 bits per heavy atom. The van der Waals surface area contributed by atoms with Gasteiger partial charge in [0.25, 0.3) is 11.8 Å². The number of esters is 1. The van der Waals surface area contributed by atoms with E-state index >= 15 is 0 Å². The van der Waals surface area contributed by atoms with Crippen LogP contribution in [0.5, 0.6) is 0 Å². The maximum Gasteiger partial charge on any atom is 0.511 e. The molecule has 3 atom stereocenters. The van der Waals surface area contributed by atoms with E-state index < -0.39 is 47.7 Å². The van der Waals surface area contributed by atoms with Gasteiger partial charge in [0.05, 0.1) is 12.7 Å². The van der Waals surface area contributed by atoms with Crippen LogP contribution in [0.25, 0.3) is 0 Å². The highest BCUT2D eigenvalue weighted by molar-refractivity contribution is 8.00. The summed E-state index contributed by atoms with van der Waals surface area (Å²) in [5, 5.41) is 9.97. The van der Waals surface area contributed by atoms with Crippen molar-refractivity contribution in [1.82, 2.24) is 15.2 Å². The predicted molar refractivity (Wildman–Crippen MR) is 142 cm³/mol. The molecule has 0 aromatic carbocycles. The molecule has 2 aliphatic rings. The number of hydrogen-bond acceptors (Lipinski definition) is 14. The average Bonchev–Trinajstić information content (AvgIpc) is 3.31. The SMILES string of the molecule is COCC1=C(C(=O)OC(C)OC(=O)OC(C)C)N2C(=O)[C@@H](NC(=O)/C(=N/OC)c3csc(NC(C)=O)n3)[C@H]2SC1. The van der Waals surface area contributed by atoms with Gasteiger partial charge < -0.3 is 34.4 Å². The van der Waals surface area contributed by atoms with Crippen LogP contribution in [0.2, 0.25) is 0 Å². The smallest absolute Gasteiger partial charge is 0.431 e. The van der Waals surface area contributed by atoms with Crippen LogP contribution in [-0.2, 0) is 43.0 Å². The summed E-state index contributed by atoms with van der Waals surface area (Å²) in [4.78, 5) is 72.6.